The van der Waals surface area contributed by atoms with Crippen LogP contribution in [0.2, 0.25) is 0 Å². The molecule has 3 nitrogen and oxygen atoms in total. The van der Waals surface area contributed by atoms with Gasteiger partial charge in [0.1, 0.15) is 12.4 Å². The van der Waals surface area contributed by atoms with Crippen LogP contribution in [0.25, 0.3) is 0 Å². The van der Waals surface area contributed by atoms with Crippen LogP contribution in [0.15, 0.2) is 0 Å². The van der Waals surface area contributed by atoms with E-state index in [0.29, 0.717) is 0 Å². The summed E-state index contributed by atoms with van der Waals surface area (Å²) < 4.78 is 5.75. The van der Waals surface area contributed by atoms with Gasteiger partial charge >= 0.3 is 0 Å². The first-order valence-electron chi connectivity index (χ1n) is 3.79. The number of aliphatic hydroxyl groups excluding tert-OH is 1. The van der Waals surface area contributed by atoms with E-state index < -0.39 is 6.61 Å². The largest absolute Gasteiger partial charge is 0.389 e. The lowest BCUT2D eigenvalue weighted by atomic mass is 10.2. The van der Waals surface area contributed by atoms with Crippen LogP contribution in [0.1, 0.15) is 28.5 Å². The zero-order valence-corrected chi connectivity index (χ0v) is 6.39. The average Bonchev–Trinajstić information content (AvgIpc) is 2.04. The summed E-state index contributed by atoms with van der Waals surface area (Å²) in [7, 11) is 1.25. The molecule has 1 N–H and O–H groups in total. The molecule has 0 heterocycles. The number of rotatable bonds is 4. The van der Waals surface area contributed by atoms with E-state index in [-0.39, 0.29) is 24.4 Å². The highest BCUT2D eigenvalue weighted by Crippen LogP contribution is 1.90. The van der Waals surface area contributed by atoms with Crippen LogP contribution in [0.5, 0.6) is 0 Å². The molecule has 3 heteroatoms. The Balaban J connectivity index is 0. The highest BCUT2D eigenvalue weighted by Gasteiger charge is 2.00. The van der Waals surface area contributed by atoms with Gasteiger partial charge in [0.05, 0.1) is 0 Å². The van der Waals surface area contributed by atoms with Crippen LogP contribution in [0, 0.1) is 0 Å². The fourth-order valence-electron chi connectivity index (χ4n) is 0.395. The Labute approximate surface area is 62.5 Å². The Morgan fingerprint density at radius 2 is 2.00 bits per heavy atom. The van der Waals surface area contributed by atoms with E-state index in [2.05, 4.69) is 0 Å². The molecule has 0 aliphatic heterocycles. The third-order valence-electron chi connectivity index (χ3n) is 0.932. The third kappa shape index (κ3) is 7.30. The van der Waals surface area contributed by atoms with Gasteiger partial charge in [0, 0.05) is 14.2 Å². The second-order valence-corrected chi connectivity index (χ2v) is 1.90. The first kappa shape index (κ1) is 9.30. The molecule has 0 aromatic rings. The van der Waals surface area contributed by atoms with Crippen molar-refractivity contribution in [3.05, 3.63) is 0 Å². The van der Waals surface area contributed by atoms with Crippen LogP contribution in [0.4, 0.5) is 0 Å². The van der Waals surface area contributed by atoms with Crippen molar-refractivity contribution in [3.8, 4) is 0 Å². The Hall–Kier alpha value is -0.700. The van der Waals surface area contributed by atoms with Crippen molar-refractivity contribution < 1.29 is 16.1 Å². The van der Waals surface area contributed by atoms with Gasteiger partial charge in [0.25, 0.3) is 0 Å². The fraction of sp³-hybridized carbons (Fsp3) is 0.714. The lowest BCUT2D eigenvalue weighted by Crippen LogP contribution is -2.05. The minimum absolute atomic E-state index is 0.0169. The Bertz CT molecular complexity index is 123. The maximum Gasteiger partial charge on any atom is 0.158 e. The van der Waals surface area contributed by atoms with E-state index in [0.717, 1.165) is 0 Å². The number of carbonyl (C=O) groups excluding carboxylic acids is 2. The van der Waals surface area contributed by atoms with Gasteiger partial charge in [-0.2, -0.15) is 0 Å². The summed E-state index contributed by atoms with van der Waals surface area (Å²) in [5, 5.41) is 8.19. The van der Waals surface area contributed by atoms with E-state index in [9.17, 15) is 9.59 Å². The molecule has 60 valence electrons. The van der Waals surface area contributed by atoms with Crippen LogP contribution in [0.3, 0.4) is 0 Å². The Morgan fingerprint density at radius 1 is 1.50 bits per heavy atom. The highest BCUT2D eigenvalue weighted by atomic mass is 16.3. The monoisotopic (exact) mass is 147 g/mol. The topological polar surface area (TPSA) is 54.4 Å². The van der Waals surface area contributed by atoms with E-state index in [1.807, 2.05) is 0 Å². The van der Waals surface area contributed by atoms with Crippen molar-refractivity contribution in [1.29, 1.82) is 0 Å². The van der Waals surface area contributed by atoms with Gasteiger partial charge in [-0.25, -0.2) is 0 Å². The number of aliphatic hydroxyl groups is 1. The SMILES string of the molecule is CC(=O)CCC(=O)CO.[2H]C. The van der Waals surface area contributed by atoms with Crippen molar-refractivity contribution in [2.45, 2.75) is 27.2 Å². The predicted octanol–water partition coefficient (Wildman–Crippen LogP) is 0.553. The van der Waals surface area contributed by atoms with E-state index in [4.69, 9.17) is 6.48 Å². The smallest absolute Gasteiger partial charge is 0.158 e. The van der Waals surface area contributed by atoms with Crippen LogP contribution < -0.4 is 0 Å². The summed E-state index contributed by atoms with van der Waals surface area (Å²) in [6.45, 7) is 0.970. The van der Waals surface area contributed by atoms with Gasteiger partial charge in [-0.05, 0) is 6.92 Å². The molecular formula is C7H14O3. The summed E-state index contributed by atoms with van der Waals surface area (Å²) in [6.07, 6.45) is 0.422. The van der Waals surface area contributed by atoms with Crippen molar-refractivity contribution in [3.63, 3.8) is 0 Å². The molecule has 0 radical (unpaired) electrons. The van der Waals surface area contributed by atoms with Gasteiger partial charge < -0.3 is 9.90 Å². The molecule has 0 spiro atoms. The molecule has 0 unspecified atom stereocenters. The summed E-state index contributed by atoms with van der Waals surface area (Å²) >= 11 is 0. The second-order valence-electron chi connectivity index (χ2n) is 1.90. The van der Waals surface area contributed by atoms with Gasteiger partial charge in [0.15, 0.2) is 5.78 Å². The molecule has 0 aliphatic carbocycles. The zero-order chi connectivity index (χ0) is 9.28. The van der Waals surface area contributed by atoms with Gasteiger partial charge in [0.2, 0.25) is 0 Å². The fourth-order valence-corrected chi connectivity index (χ4v) is 0.395. The van der Waals surface area contributed by atoms with Crippen molar-refractivity contribution in [1.82, 2.24) is 0 Å². The summed E-state index contributed by atoms with van der Waals surface area (Å²) in [5.74, 6) is -0.290. The predicted molar refractivity (Wildman–Crippen MR) is 38.7 cm³/mol. The third-order valence-corrected chi connectivity index (χ3v) is 0.932. The second kappa shape index (κ2) is 6.42. The quantitative estimate of drug-likeness (QED) is 0.632. The van der Waals surface area contributed by atoms with Crippen molar-refractivity contribution >= 4 is 11.6 Å². The molecule has 0 rings (SSSR count). The van der Waals surface area contributed by atoms with Crippen molar-refractivity contribution in [2.24, 2.45) is 0 Å². The minimum atomic E-state index is -0.451. The molecule has 0 saturated heterocycles. The molecule has 0 fully saturated rings. The molecule has 0 amide bonds. The zero-order valence-electron chi connectivity index (χ0n) is 7.39. The number of ketones is 2. The molecule has 0 bridgehead atoms. The maximum atomic E-state index is 10.3. The lowest BCUT2D eigenvalue weighted by Gasteiger charge is -1.90. The Kier molecular flexibility index (Phi) is 5.97. The summed E-state index contributed by atoms with van der Waals surface area (Å²) in [5.41, 5.74) is 0. The lowest BCUT2D eigenvalue weighted by molar-refractivity contribution is -0.125. The van der Waals surface area contributed by atoms with E-state index >= 15 is 0 Å². The van der Waals surface area contributed by atoms with Gasteiger partial charge in [-0.3, -0.25) is 4.79 Å². The molecule has 0 atom stereocenters. The van der Waals surface area contributed by atoms with E-state index in [1.165, 1.54) is 14.3 Å². The normalized spacial score (nSPS) is 8.90. The number of hydrogen-bond donors (Lipinski definition) is 1. The first-order valence-corrected chi connectivity index (χ1v) is 2.79. The van der Waals surface area contributed by atoms with Crippen LogP contribution in [-0.4, -0.2) is 23.3 Å². The molecule has 0 saturated carbocycles. The van der Waals surface area contributed by atoms with Crippen LogP contribution in [-0.2, 0) is 9.59 Å². The highest BCUT2D eigenvalue weighted by molar-refractivity contribution is 5.85. The maximum absolute atomic E-state index is 10.3. The van der Waals surface area contributed by atoms with Crippen LogP contribution >= 0.6 is 0 Å². The number of hydrogen-bond acceptors (Lipinski definition) is 3. The average molecular weight is 147 g/mol. The van der Waals surface area contributed by atoms with Gasteiger partial charge in [-0.15, -0.1) is 0 Å². The van der Waals surface area contributed by atoms with E-state index in [1.54, 1.807) is 0 Å². The molecule has 0 aromatic heterocycles. The molecule has 10 heavy (non-hydrogen) atoms. The first-order chi connectivity index (χ1) is 5.16. The molecule has 0 aromatic carbocycles. The molecular weight excluding hydrogens is 132 g/mol. The summed E-state index contributed by atoms with van der Waals surface area (Å²) in [6, 6.07) is 0. The minimum Gasteiger partial charge on any atom is -0.389 e. The number of Topliss-reactive ketones (excluding diaryl/α,β-unsaturated/α-hetero) is 2. The van der Waals surface area contributed by atoms with Crippen molar-refractivity contribution in [2.75, 3.05) is 6.61 Å². The summed E-state index contributed by atoms with van der Waals surface area (Å²) in [4.78, 5) is 20.5. The van der Waals surface area contributed by atoms with Gasteiger partial charge in [-0.1, -0.05) is 7.40 Å². The standard InChI is InChI=1S/C6H10O3.CH4/c1-5(8)2-3-6(9)4-7;/h7H,2-4H2,1H3;1H4/i;1D. The number of carbonyl (C=O) groups is 2. The Morgan fingerprint density at radius 3 is 2.30 bits per heavy atom. The molecule has 0 aliphatic rings.